The van der Waals surface area contributed by atoms with Crippen LogP contribution in [0.2, 0.25) is 0 Å². The summed E-state index contributed by atoms with van der Waals surface area (Å²) in [6.07, 6.45) is 1.33. The lowest BCUT2D eigenvalue weighted by Crippen LogP contribution is -2.39. The molecule has 1 aliphatic rings. The van der Waals surface area contributed by atoms with Gasteiger partial charge in [-0.3, -0.25) is 0 Å². The molecule has 0 bridgehead atoms. The number of hydrogen-bond acceptors (Lipinski definition) is 4. The van der Waals surface area contributed by atoms with Crippen LogP contribution in [0.5, 0.6) is 5.75 Å². The largest absolute Gasteiger partial charge is 0.492 e. The van der Waals surface area contributed by atoms with Crippen LogP contribution < -0.4 is 15.4 Å². The Hall–Kier alpha value is -1.26. The van der Waals surface area contributed by atoms with Gasteiger partial charge in [-0.25, -0.2) is 0 Å². The lowest BCUT2D eigenvalue weighted by molar-refractivity contribution is 0.0258. The van der Waals surface area contributed by atoms with Gasteiger partial charge < -0.3 is 20.1 Å². The van der Waals surface area contributed by atoms with Crippen LogP contribution in [0.25, 0.3) is 0 Å². The molecule has 0 aliphatic carbocycles. The highest BCUT2D eigenvalue weighted by molar-refractivity contribution is 5.56. The lowest BCUT2D eigenvalue weighted by Gasteiger charge is -2.24. The van der Waals surface area contributed by atoms with Crippen LogP contribution in [-0.2, 0) is 4.74 Å². The molecule has 1 fully saturated rings. The predicted molar refractivity (Wildman–Crippen MR) is 73.3 cm³/mol. The van der Waals surface area contributed by atoms with E-state index in [1.807, 2.05) is 31.2 Å². The molecular weight excluding hydrogens is 228 g/mol. The number of benzene rings is 1. The molecule has 1 aromatic rings. The second-order valence-corrected chi connectivity index (χ2v) is 4.34. The van der Waals surface area contributed by atoms with Crippen molar-refractivity contribution < 1.29 is 9.47 Å². The standard InChI is InChI=1S/C14H22N2O2/c1-2-17-14-6-4-3-5-13(14)16-8-7-12-11-15-9-10-18-12/h3-6,12,15-16H,2,7-11H2,1H3. The van der Waals surface area contributed by atoms with Crippen LogP contribution in [0.3, 0.4) is 0 Å². The molecule has 4 nitrogen and oxygen atoms in total. The first-order valence-electron chi connectivity index (χ1n) is 6.68. The van der Waals surface area contributed by atoms with Gasteiger partial charge in [-0.05, 0) is 25.5 Å². The van der Waals surface area contributed by atoms with Crippen molar-refractivity contribution in [2.24, 2.45) is 0 Å². The zero-order valence-electron chi connectivity index (χ0n) is 10.9. The van der Waals surface area contributed by atoms with Gasteiger partial charge in [0.05, 0.1) is 25.0 Å². The number of nitrogens with one attached hydrogen (secondary N) is 2. The number of ether oxygens (including phenoxy) is 2. The summed E-state index contributed by atoms with van der Waals surface area (Å²) in [6.45, 7) is 6.33. The second-order valence-electron chi connectivity index (χ2n) is 4.34. The second kappa shape index (κ2) is 7.24. The maximum absolute atomic E-state index is 5.66. The van der Waals surface area contributed by atoms with E-state index in [0.29, 0.717) is 12.7 Å². The number of anilines is 1. The average Bonchev–Trinajstić information content (AvgIpc) is 2.42. The Labute approximate surface area is 109 Å². The molecule has 1 saturated heterocycles. The Morgan fingerprint density at radius 2 is 2.33 bits per heavy atom. The Balaban J connectivity index is 1.78. The normalized spacial score (nSPS) is 19.5. The molecule has 0 saturated carbocycles. The van der Waals surface area contributed by atoms with Gasteiger partial charge >= 0.3 is 0 Å². The van der Waals surface area contributed by atoms with Gasteiger partial charge in [-0.1, -0.05) is 12.1 Å². The first-order chi connectivity index (χ1) is 8.90. The number of para-hydroxylation sites is 2. The van der Waals surface area contributed by atoms with E-state index in [2.05, 4.69) is 10.6 Å². The molecule has 2 N–H and O–H groups in total. The van der Waals surface area contributed by atoms with Crippen LogP contribution in [0.4, 0.5) is 5.69 Å². The molecule has 2 rings (SSSR count). The van der Waals surface area contributed by atoms with Crippen molar-refractivity contribution >= 4 is 5.69 Å². The molecule has 18 heavy (non-hydrogen) atoms. The molecule has 1 atom stereocenters. The average molecular weight is 250 g/mol. The van der Waals surface area contributed by atoms with E-state index in [4.69, 9.17) is 9.47 Å². The van der Waals surface area contributed by atoms with Crippen LogP contribution in [0, 0.1) is 0 Å². The molecule has 100 valence electrons. The highest BCUT2D eigenvalue weighted by atomic mass is 16.5. The summed E-state index contributed by atoms with van der Waals surface area (Å²) in [6, 6.07) is 8.04. The Bertz CT molecular complexity index is 351. The first-order valence-corrected chi connectivity index (χ1v) is 6.68. The fourth-order valence-electron chi connectivity index (χ4n) is 2.07. The zero-order chi connectivity index (χ0) is 12.6. The van der Waals surface area contributed by atoms with Crippen LogP contribution in [0.15, 0.2) is 24.3 Å². The Morgan fingerprint density at radius 1 is 1.44 bits per heavy atom. The van der Waals surface area contributed by atoms with Gasteiger partial charge in [0.1, 0.15) is 5.75 Å². The van der Waals surface area contributed by atoms with Crippen molar-refractivity contribution in [1.29, 1.82) is 0 Å². The molecular formula is C14H22N2O2. The fraction of sp³-hybridized carbons (Fsp3) is 0.571. The van der Waals surface area contributed by atoms with E-state index >= 15 is 0 Å². The molecule has 0 spiro atoms. The lowest BCUT2D eigenvalue weighted by atomic mass is 10.2. The zero-order valence-corrected chi connectivity index (χ0v) is 10.9. The highest BCUT2D eigenvalue weighted by Crippen LogP contribution is 2.23. The van der Waals surface area contributed by atoms with Gasteiger partial charge in [0.15, 0.2) is 0 Å². The van der Waals surface area contributed by atoms with E-state index in [0.717, 1.165) is 44.1 Å². The third-order valence-corrected chi connectivity index (χ3v) is 2.97. The summed E-state index contributed by atoms with van der Waals surface area (Å²) in [5, 5.41) is 6.75. The van der Waals surface area contributed by atoms with Crippen LogP contribution in [0.1, 0.15) is 13.3 Å². The minimum atomic E-state index is 0.325. The van der Waals surface area contributed by atoms with Crippen LogP contribution in [-0.4, -0.2) is 39.0 Å². The Kier molecular flexibility index (Phi) is 5.30. The first kappa shape index (κ1) is 13.2. The van der Waals surface area contributed by atoms with Crippen molar-refractivity contribution in [3.8, 4) is 5.75 Å². The fourth-order valence-corrected chi connectivity index (χ4v) is 2.07. The quantitative estimate of drug-likeness (QED) is 0.809. The molecule has 1 aromatic carbocycles. The predicted octanol–water partition coefficient (Wildman–Crippen LogP) is 1.88. The minimum absolute atomic E-state index is 0.325. The SMILES string of the molecule is CCOc1ccccc1NCCC1CNCCO1. The maximum atomic E-state index is 5.66. The van der Waals surface area contributed by atoms with Crippen molar-refractivity contribution in [3.63, 3.8) is 0 Å². The summed E-state index contributed by atoms with van der Waals surface area (Å²) >= 11 is 0. The number of hydrogen-bond donors (Lipinski definition) is 2. The summed E-state index contributed by atoms with van der Waals surface area (Å²) in [4.78, 5) is 0. The molecule has 1 aliphatic heterocycles. The molecule has 0 radical (unpaired) electrons. The van der Waals surface area contributed by atoms with Gasteiger partial charge in [0.25, 0.3) is 0 Å². The summed E-state index contributed by atoms with van der Waals surface area (Å²) in [5.74, 6) is 0.919. The Morgan fingerprint density at radius 3 is 3.11 bits per heavy atom. The van der Waals surface area contributed by atoms with Crippen LogP contribution >= 0.6 is 0 Å². The van der Waals surface area contributed by atoms with Gasteiger partial charge in [-0.15, -0.1) is 0 Å². The van der Waals surface area contributed by atoms with Crippen molar-refractivity contribution in [2.45, 2.75) is 19.4 Å². The van der Waals surface area contributed by atoms with Crippen molar-refractivity contribution in [2.75, 3.05) is 38.2 Å². The molecule has 0 aromatic heterocycles. The summed E-state index contributed by atoms with van der Waals surface area (Å²) in [5.41, 5.74) is 1.06. The molecule has 1 heterocycles. The van der Waals surface area contributed by atoms with Crippen molar-refractivity contribution in [3.05, 3.63) is 24.3 Å². The van der Waals surface area contributed by atoms with Gasteiger partial charge in [0.2, 0.25) is 0 Å². The third-order valence-electron chi connectivity index (χ3n) is 2.97. The number of rotatable bonds is 6. The van der Waals surface area contributed by atoms with E-state index in [1.165, 1.54) is 0 Å². The molecule has 4 heteroatoms. The third kappa shape index (κ3) is 3.89. The van der Waals surface area contributed by atoms with Crippen molar-refractivity contribution in [1.82, 2.24) is 5.32 Å². The van der Waals surface area contributed by atoms with Gasteiger partial charge in [-0.2, -0.15) is 0 Å². The monoisotopic (exact) mass is 250 g/mol. The summed E-state index contributed by atoms with van der Waals surface area (Å²) < 4.78 is 11.2. The molecule has 1 unspecified atom stereocenters. The van der Waals surface area contributed by atoms with E-state index in [9.17, 15) is 0 Å². The number of morpholine rings is 1. The topological polar surface area (TPSA) is 42.5 Å². The smallest absolute Gasteiger partial charge is 0.142 e. The minimum Gasteiger partial charge on any atom is -0.492 e. The van der Waals surface area contributed by atoms with E-state index in [1.54, 1.807) is 0 Å². The van der Waals surface area contributed by atoms with E-state index in [-0.39, 0.29) is 0 Å². The van der Waals surface area contributed by atoms with Gasteiger partial charge in [0, 0.05) is 19.6 Å². The molecule has 0 amide bonds. The van der Waals surface area contributed by atoms with E-state index < -0.39 is 0 Å². The maximum Gasteiger partial charge on any atom is 0.142 e. The highest BCUT2D eigenvalue weighted by Gasteiger charge is 2.12. The summed E-state index contributed by atoms with van der Waals surface area (Å²) in [7, 11) is 0.